The lowest BCUT2D eigenvalue weighted by molar-refractivity contribution is 0.0989. The summed E-state index contributed by atoms with van der Waals surface area (Å²) >= 11 is 0. The molecule has 1 heterocycles. The second-order valence-electron chi connectivity index (χ2n) is 6.50. The van der Waals surface area contributed by atoms with E-state index in [0.717, 1.165) is 23.8 Å². The zero-order valence-electron chi connectivity index (χ0n) is 11.4. The van der Waals surface area contributed by atoms with Gasteiger partial charge in [-0.2, -0.15) is 0 Å². The molecule has 1 saturated carbocycles. The molecule has 1 saturated heterocycles. The molecule has 2 rings (SSSR count). The molecule has 1 unspecified atom stereocenters. The smallest absolute Gasteiger partial charge is 0.00387 e. The largest absolute Gasteiger partial charge is 0.309 e. The highest BCUT2D eigenvalue weighted by molar-refractivity contribution is 4.90. The first-order chi connectivity index (χ1) is 7.56. The van der Waals surface area contributed by atoms with Gasteiger partial charge in [0.25, 0.3) is 0 Å². The molecule has 0 radical (unpaired) electrons. The maximum absolute atomic E-state index is 2.66. The average molecular weight is 224 g/mol. The predicted octanol–water partition coefficient (Wildman–Crippen LogP) is 2.30. The first-order valence-electron chi connectivity index (χ1n) is 6.95. The molecule has 0 spiro atoms. The van der Waals surface area contributed by atoms with Crippen LogP contribution in [0.1, 0.15) is 33.1 Å². The van der Waals surface area contributed by atoms with Gasteiger partial charge in [0.2, 0.25) is 0 Å². The minimum atomic E-state index is 0.752. The van der Waals surface area contributed by atoms with Gasteiger partial charge in [0.15, 0.2) is 0 Å². The lowest BCUT2D eigenvalue weighted by Gasteiger charge is -2.40. The first-order valence-corrected chi connectivity index (χ1v) is 6.95. The van der Waals surface area contributed by atoms with Crippen LogP contribution in [0.2, 0.25) is 0 Å². The highest BCUT2D eigenvalue weighted by atomic mass is 15.2. The van der Waals surface area contributed by atoms with Crippen LogP contribution in [0.15, 0.2) is 0 Å². The average Bonchev–Trinajstić information content (AvgIpc) is 2.58. The summed E-state index contributed by atoms with van der Waals surface area (Å²) in [4.78, 5) is 5.00. The minimum absolute atomic E-state index is 0.752. The molecule has 2 heteroatoms. The molecular weight excluding hydrogens is 196 g/mol. The molecule has 2 fully saturated rings. The van der Waals surface area contributed by atoms with Crippen LogP contribution in [0, 0.1) is 17.8 Å². The highest BCUT2D eigenvalue weighted by Crippen LogP contribution is 2.42. The van der Waals surface area contributed by atoms with Crippen LogP contribution in [0.25, 0.3) is 0 Å². The van der Waals surface area contributed by atoms with E-state index in [-0.39, 0.29) is 0 Å². The van der Waals surface area contributed by atoms with Crippen molar-refractivity contribution in [2.45, 2.75) is 39.2 Å². The predicted molar refractivity (Wildman–Crippen MR) is 69.6 cm³/mol. The Labute approximate surface area is 101 Å². The van der Waals surface area contributed by atoms with E-state index in [1.54, 1.807) is 0 Å². The standard InChI is InChI=1S/C14H28N2/c1-11(2)16-6-5-13(10-16)14-7-12(8-14)9-15(3)4/h11-14H,5-10H2,1-4H3. The highest BCUT2D eigenvalue weighted by Gasteiger charge is 2.38. The Bertz CT molecular complexity index is 219. The zero-order valence-corrected chi connectivity index (χ0v) is 11.4. The third-order valence-electron chi connectivity index (χ3n) is 4.55. The molecule has 0 aromatic heterocycles. The lowest BCUT2D eigenvalue weighted by atomic mass is 9.68. The Balaban J connectivity index is 1.69. The Morgan fingerprint density at radius 2 is 1.88 bits per heavy atom. The number of nitrogens with zero attached hydrogens (tertiary/aromatic N) is 2. The topological polar surface area (TPSA) is 6.48 Å². The fourth-order valence-electron chi connectivity index (χ4n) is 3.51. The molecule has 0 aromatic carbocycles. The molecule has 0 amide bonds. The van der Waals surface area contributed by atoms with Crippen molar-refractivity contribution in [3.05, 3.63) is 0 Å². The molecule has 1 aliphatic heterocycles. The number of hydrogen-bond donors (Lipinski definition) is 0. The van der Waals surface area contributed by atoms with E-state index in [9.17, 15) is 0 Å². The molecule has 0 bridgehead atoms. The van der Waals surface area contributed by atoms with Crippen molar-refractivity contribution in [3.8, 4) is 0 Å². The van der Waals surface area contributed by atoms with E-state index < -0.39 is 0 Å². The second kappa shape index (κ2) is 5.05. The van der Waals surface area contributed by atoms with Crippen LogP contribution in [0.3, 0.4) is 0 Å². The second-order valence-corrected chi connectivity index (χ2v) is 6.50. The zero-order chi connectivity index (χ0) is 11.7. The van der Waals surface area contributed by atoms with Crippen molar-refractivity contribution in [1.82, 2.24) is 9.80 Å². The van der Waals surface area contributed by atoms with Crippen molar-refractivity contribution in [2.24, 2.45) is 17.8 Å². The number of hydrogen-bond acceptors (Lipinski definition) is 2. The summed E-state index contributed by atoms with van der Waals surface area (Å²) in [6.07, 6.45) is 4.45. The van der Waals surface area contributed by atoms with E-state index in [1.807, 2.05) is 0 Å². The Morgan fingerprint density at radius 1 is 1.19 bits per heavy atom. The van der Waals surface area contributed by atoms with E-state index in [0.29, 0.717) is 0 Å². The fraction of sp³-hybridized carbons (Fsp3) is 1.00. The summed E-state index contributed by atoms with van der Waals surface area (Å²) in [7, 11) is 4.40. The van der Waals surface area contributed by atoms with Crippen LogP contribution in [-0.4, -0.2) is 49.6 Å². The van der Waals surface area contributed by atoms with E-state index in [4.69, 9.17) is 0 Å². The lowest BCUT2D eigenvalue weighted by Crippen LogP contribution is -2.37. The molecule has 1 aliphatic carbocycles. The molecule has 0 N–H and O–H groups in total. The van der Waals surface area contributed by atoms with Crippen LogP contribution in [0.4, 0.5) is 0 Å². The van der Waals surface area contributed by atoms with Gasteiger partial charge >= 0.3 is 0 Å². The van der Waals surface area contributed by atoms with Crippen LogP contribution in [-0.2, 0) is 0 Å². The van der Waals surface area contributed by atoms with Crippen molar-refractivity contribution >= 4 is 0 Å². The van der Waals surface area contributed by atoms with Gasteiger partial charge in [-0.25, -0.2) is 0 Å². The molecule has 94 valence electrons. The van der Waals surface area contributed by atoms with Gasteiger partial charge in [0, 0.05) is 19.1 Å². The summed E-state index contributed by atoms with van der Waals surface area (Å²) in [6.45, 7) is 8.68. The van der Waals surface area contributed by atoms with Crippen molar-refractivity contribution in [2.75, 3.05) is 33.7 Å². The van der Waals surface area contributed by atoms with Crippen LogP contribution in [0.5, 0.6) is 0 Å². The van der Waals surface area contributed by atoms with Gasteiger partial charge in [-0.3, -0.25) is 0 Å². The fourth-order valence-corrected chi connectivity index (χ4v) is 3.51. The monoisotopic (exact) mass is 224 g/mol. The maximum atomic E-state index is 2.66. The van der Waals surface area contributed by atoms with E-state index >= 15 is 0 Å². The minimum Gasteiger partial charge on any atom is -0.309 e. The Morgan fingerprint density at radius 3 is 2.38 bits per heavy atom. The normalized spacial score (nSPS) is 36.0. The molecule has 2 nitrogen and oxygen atoms in total. The molecular formula is C14H28N2. The van der Waals surface area contributed by atoms with E-state index in [1.165, 1.54) is 38.9 Å². The summed E-state index contributed by atoms with van der Waals surface area (Å²) < 4.78 is 0. The van der Waals surface area contributed by atoms with Gasteiger partial charge in [-0.05, 0) is 71.5 Å². The number of rotatable bonds is 4. The van der Waals surface area contributed by atoms with Crippen molar-refractivity contribution < 1.29 is 0 Å². The third kappa shape index (κ3) is 2.78. The molecule has 0 aromatic rings. The van der Waals surface area contributed by atoms with E-state index in [2.05, 4.69) is 37.7 Å². The van der Waals surface area contributed by atoms with Gasteiger partial charge < -0.3 is 9.80 Å². The van der Waals surface area contributed by atoms with Gasteiger partial charge in [0.1, 0.15) is 0 Å². The number of likely N-dealkylation sites (tertiary alicyclic amines) is 1. The van der Waals surface area contributed by atoms with Gasteiger partial charge in [-0.15, -0.1) is 0 Å². The van der Waals surface area contributed by atoms with Crippen LogP contribution >= 0.6 is 0 Å². The quantitative estimate of drug-likeness (QED) is 0.723. The summed E-state index contributed by atoms with van der Waals surface area (Å²) in [6, 6.07) is 0.752. The molecule has 1 atom stereocenters. The molecule has 2 aliphatic rings. The van der Waals surface area contributed by atoms with Crippen LogP contribution < -0.4 is 0 Å². The summed E-state index contributed by atoms with van der Waals surface area (Å²) in [5, 5.41) is 0. The summed E-state index contributed by atoms with van der Waals surface area (Å²) in [5.41, 5.74) is 0. The Hall–Kier alpha value is -0.0800. The maximum Gasteiger partial charge on any atom is 0.00387 e. The van der Waals surface area contributed by atoms with Crippen molar-refractivity contribution in [3.63, 3.8) is 0 Å². The SMILES string of the molecule is CC(C)N1CCC(C2CC(CN(C)C)C2)C1. The molecule has 16 heavy (non-hydrogen) atoms. The first kappa shape index (κ1) is 12.4. The van der Waals surface area contributed by atoms with Gasteiger partial charge in [0.05, 0.1) is 0 Å². The van der Waals surface area contributed by atoms with Gasteiger partial charge in [-0.1, -0.05) is 0 Å². The van der Waals surface area contributed by atoms with Crippen molar-refractivity contribution in [1.29, 1.82) is 0 Å². The summed E-state index contributed by atoms with van der Waals surface area (Å²) in [5.74, 6) is 3.06. The third-order valence-corrected chi connectivity index (χ3v) is 4.55. The Kier molecular flexibility index (Phi) is 3.91.